The Balaban J connectivity index is 2.20. The van der Waals surface area contributed by atoms with E-state index >= 15 is 0 Å². The van der Waals surface area contributed by atoms with Gasteiger partial charge in [0.1, 0.15) is 5.52 Å². The number of hydrogen-bond donors (Lipinski definition) is 1. The highest BCUT2D eigenvalue weighted by Gasteiger charge is 2.36. The third kappa shape index (κ3) is 1.21. The van der Waals surface area contributed by atoms with E-state index in [2.05, 4.69) is 17.2 Å². The van der Waals surface area contributed by atoms with Gasteiger partial charge in [-0.3, -0.25) is 0 Å². The highest BCUT2D eigenvalue weighted by Crippen LogP contribution is 2.43. The molecule has 16 heavy (non-hydrogen) atoms. The fourth-order valence-electron chi connectivity index (χ4n) is 2.02. The normalized spacial score (nSPS) is 23.6. The molecular formula is C11H11N3O2. The minimum Gasteiger partial charge on any atom is -0.478 e. The van der Waals surface area contributed by atoms with Gasteiger partial charge in [0.25, 0.3) is 0 Å². The standard InChI is InChI=1S/C11H11N3O2/c1-6-5-9(6)14-8-4-2-3-7(11(15)16)10(8)12-13-14/h2-4,6,9H,5H2,1H3,(H,15,16). The van der Waals surface area contributed by atoms with Crippen molar-refractivity contribution in [3.05, 3.63) is 23.8 Å². The molecule has 0 saturated heterocycles. The summed E-state index contributed by atoms with van der Waals surface area (Å²) in [5.74, 6) is -0.347. The Kier molecular flexibility index (Phi) is 1.77. The Hall–Kier alpha value is -1.91. The quantitative estimate of drug-likeness (QED) is 0.831. The lowest BCUT2D eigenvalue weighted by Crippen LogP contribution is -1.99. The number of fused-ring (bicyclic) bond motifs is 1. The average molecular weight is 217 g/mol. The first-order valence-corrected chi connectivity index (χ1v) is 5.25. The molecule has 1 heterocycles. The number of hydrogen-bond acceptors (Lipinski definition) is 3. The first-order valence-electron chi connectivity index (χ1n) is 5.25. The van der Waals surface area contributed by atoms with Gasteiger partial charge < -0.3 is 5.11 Å². The lowest BCUT2D eigenvalue weighted by molar-refractivity contribution is 0.0699. The fourth-order valence-corrected chi connectivity index (χ4v) is 2.02. The average Bonchev–Trinajstić information content (AvgIpc) is 2.83. The molecule has 2 atom stereocenters. The number of carbonyl (C=O) groups is 1. The molecule has 1 aromatic heterocycles. The molecule has 0 aliphatic heterocycles. The van der Waals surface area contributed by atoms with Crippen LogP contribution in [0.25, 0.3) is 11.0 Å². The molecule has 0 spiro atoms. The number of carboxylic acid groups (broad SMARTS) is 1. The number of aromatic nitrogens is 3. The Labute approximate surface area is 91.7 Å². The lowest BCUT2D eigenvalue weighted by atomic mass is 10.2. The summed E-state index contributed by atoms with van der Waals surface area (Å²) in [5.41, 5.74) is 1.51. The molecule has 1 saturated carbocycles. The van der Waals surface area contributed by atoms with Crippen molar-refractivity contribution in [2.75, 3.05) is 0 Å². The molecule has 82 valence electrons. The maximum Gasteiger partial charge on any atom is 0.338 e. The zero-order valence-corrected chi connectivity index (χ0v) is 8.79. The maximum absolute atomic E-state index is 11.0. The van der Waals surface area contributed by atoms with Gasteiger partial charge in [0.15, 0.2) is 0 Å². The van der Waals surface area contributed by atoms with Crippen LogP contribution in [0.5, 0.6) is 0 Å². The van der Waals surface area contributed by atoms with E-state index in [4.69, 9.17) is 5.11 Å². The number of nitrogens with zero attached hydrogens (tertiary/aromatic N) is 3. The third-order valence-corrected chi connectivity index (χ3v) is 3.11. The summed E-state index contributed by atoms with van der Waals surface area (Å²) in [7, 11) is 0. The van der Waals surface area contributed by atoms with Crippen LogP contribution in [-0.2, 0) is 0 Å². The maximum atomic E-state index is 11.0. The Morgan fingerprint density at radius 3 is 2.94 bits per heavy atom. The largest absolute Gasteiger partial charge is 0.478 e. The van der Waals surface area contributed by atoms with E-state index in [-0.39, 0.29) is 5.56 Å². The Morgan fingerprint density at radius 1 is 1.56 bits per heavy atom. The van der Waals surface area contributed by atoms with Gasteiger partial charge in [-0.15, -0.1) is 5.10 Å². The van der Waals surface area contributed by atoms with Gasteiger partial charge in [0.05, 0.1) is 17.1 Å². The molecule has 0 bridgehead atoms. The Morgan fingerprint density at radius 2 is 2.31 bits per heavy atom. The van der Waals surface area contributed by atoms with Crippen LogP contribution in [0.2, 0.25) is 0 Å². The number of aromatic carboxylic acids is 1. The van der Waals surface area contributed by atoms with Crippen LogP contribution in [0.15, 0.2) is 18.2 Å². The molecule has 1 N–H and O–H groups in total. The minimum absolute atomic E-state index is 0.219. The first kappa shape index (κ1) is 9.33. The fraction of sp³-hybridized carbons (Fsp3) is 0.364. The van der Waals surface area contributed by atoms with Gasteiger partial charge in [-0.1, -0.05) is 18.2 Å². The molecule has 1 aliphatic carbocycles. The Bertz CT molecular complexity index is 576. The van der Waals surface area contributed by atoms with E-state index in [1.165, 1.54) is 0 Å². The molecule has 1 aliphatic rings. The van der Waals surface area contributed by atoms with Crippen molar-refractivity contribution in [3.63, 3.8) is 0 Å². The monoisotopic (exact) mass is 217 g/mol. The third-order valence-electron chi connectivity index (χ3n) is 3.11. The van der Waals surface area contributed by atoms with E-state index in [1.807, 2.05) is 10.7 Å². The summed E-state index contributed by atoms with van der Waals surface area (Å²) in [6, 6.07) is 5.54. The van der Waals surface area contributed by atoms with Gasteiger partial charge in [0, 0.05) is 0 Å². The summed E-state index contributed by atoms with van der Waals surface area (Å²) < 4.78 is 1.84. The van der Waals surface area contributed by atoms with Gasteiger partial charge in [-0.05, 0) is 24.5 Å². The van der Waals surface area contributed by atoms with Crippen LogP contribution in [-0.4, -0.2) is 26.1 Å². The number of carboxylic acids is 1. The zero-order chi connectivity index (χ0) is 11.3. The second kappa shape index (κ2) is 3.04. The van der Waals surface area contributed by atoms with Crippen molar-refractivity contribution in [2.24, 2.45) is 5.92 Å². The van der Waals surface area contributed by atoms with E-state index < -0.39 is 5.97 Å². The predicted molar refractivity (Wildman–Crippen MR) is 57.3 cm³/mol. The van der Waals surface area contributed by atoms with E-state index in [9.17, 15) is 4.79 Å². The summed E-state index contributed by atoms with van der Waals surface area (Å²) >= 11 is 0. The topological polar surface area (TPSA) is 68.0 Å². The van der Waals surface area contributed by atoms with Gasteiger partial charge in [0.2, 0.25) is 0 Å². The first-order chi connectivity index (χ1) is 7.68. The van der Waals surface area contributed by atoms with Crippen LogP contribution >= 0.6 is 0 Å². The second-order valence-electron chi connectivity index (χ2n) is 4.29. The molecule has 3 rings (SSSR count). The van der Waals surface area contributed by atoms with Crippen LogP contribution < -0.4 is 0 Å². The number of rotatable bonds is 2. The number of benzene rings is 1. The van der Waals surface area contributed by atoms with Gasteiger partial charge in [-0.25, -0.2) is 9.48 Å². The second-order valence-corrected chi connectivity index (χ2v) is 4.29. The van der Waals surface area contributed by atoms with Crippen molar-refractivity contribution in [1.29, 1.82) is 0 Å². The predicted octanol–water partition coefficient (Wildman–Crippen LogP) is 1.71. The van der Waals surface area contributed by atoms with E-state index in [1.54, 1.807) is 12.1 Å². The highest BCUT2D eigenvalue weighted by molar-refractivity contribution is 6.00. The van der Waals surface area contributed by atoms with E-state index in [0.29, 0.717) is 17.5 Å². The van der Waals surface area contributed by atoms with Crippen molar-refractivity contribution in [2.45, 2.75) is 19.4 Å². The molecule has 0 amide bonds. The minimum atomic E-state index is -0.957. The molecule has 5 nitrogen and oxygen atoms in total. The van der Waals surface area contributed by atoms with Crippen LogP contribution in [0.4, 0.5) is 0 Å². The van der Waals surface area contributed by atoms with Crippen molar-refractivity contribution in [3.8, 4) is 0 Å². The summed E-state index contributed by atoms with van der Waals surface area (Å²) in [6.07, 6.45) is 1.09. The lowest BCUT2D eigenvalue weighted by Gasteiger charge is -1.99. The van der Waals surface area contributed by atoms with Crippen LogP contribution in [0.1, 0.15) is 29.7 Å². The van der Waals surface area contributed by atoms with Crippen molar-refractivity contribution < 1.29 is 9.90 Å². The molecule has 1 fully saturated rings. The summed E-state index contributed by atoms with van der Waals surface area (Å²) in [5, 5.41) is 17.0. The summed E-state index contributed by atoms with van der Waals surface area (Å²) in [6.45, 7) is 2.15. The van der Waals surface area contributed by atoms with Crippen LogP contribution in [0, 0.1) is 5.92 Å². The molecule has 1 aromatic carbocycles. The molecule has 5 heteroatoms. The van der Waals surface area contributed by atoms with Crippen LogP contribution in [0.3, 0.4) is 0 Å². The summed E-state index contributed by atoms with van der Waals surface area (Å²) in [4.78, 5) is 11.0. The molecule has 0 radical (unpaired) electrons. The van der Waals surface area contributed by atoms with Crippen molar-refractivity contribution in [1.82, 2.24) is 15.0 Å². The van der Waals surface area contributed by atoms with Gasteiger partial charge in [-0.2, -0.15) is 0 Å². The SMILES string of the molecule is CC1CC1n1nnc2c(C(=O)O)cccc21. The smallest absolute Gasteiger partial charge is 0.338 e. The zero-order valence-electron chi connectivity index (χ0n) is 8.79. The van der Waals surface area contributed by atoms with Crippen molar-refractivity contribution >= 4 is 17.0 Å². The molecule has 2 aromatic rings. The molecular weight excluding hydrogens is 206 g/mol. The molecule has 2 unspecified atom stereocenters. The van der Waals surface area contributed by atoms with Gasteiger partial charge >= 0.3 is 5.97 Å². The highest BCUT2D eigenvalue weighted by atomic mass is 16.4. The van der Waals surface area contributed by atoms with E-state index in [0.717, 1.165) is 11.9 Å².